The molecule has 0 spiro atoms. The molecule has 0 atom stereocenters. The number of nitrogens with zero attached hydrogens (tertiary/aromatic N) is 2. The minimum atomic E-state index is 0.835. The Morgan fingerprint density at radius 2 is 2.00 bits per heavy atom. The highest BCUT2D eigenvalue weighted by Crippen LogP contribution is 2.19. The van der Waals surface area contributed by atoms with Crippen LogP contribution in [0.5, 0.6) is 0 Å². The van der Waals surface area contributed by atoms with E-state index in [1.54, 1.807) is 0 Å². The van der Waals surface area contributed by atoms with Crippen LogP contribution in [-0.4, -0.2) is 18.1 Å². The number of benzene rings is 1. The van der Waals surface area contributed by atoms with Crippen molar-refractivity contribution >= 4 is 11.4 Å². The lowest BCUT2D eigenvalue weighted by Gasteiger charge is -2.23. The van der Waals surface area contributed by atoms with Gasteiger partial charge in [-0.05, 0) is 50.1 Å². The number of hydrogen-bond donors (Lipinski definition) is 1. The molecule has 0 aliphatic carbocycles. The van der Waals surface area contributed by atoms with Crippen LogP contribution in [0.15, 0.2) is 42.6 Å². The Balaban J connectivity index is 2.11. The molecule has 2 aromatic rings. The van der Waals surface area contributed by atoms with Crippen molar-refractivity contribution in [3.8, 4) is 0 Å². The van der Waals surface area contributed by atoms with Crippen LogP contribution < -0.4 is 10.2 Å². The van der Waals surface area contributed by atoms with Crippen molar-refractivity contribution in [3.63, 3.8) is 0 Å². The van der Waals surface area contributed by atoms with Gasteiger partial charge in [0.25, 0.3) is 0 Å². The standard InChI is InChI=1S/C18H25N3/c1-4-10-19-16-9-11-20-17(13-16)14-21(5-2)18-8-6-7-15(3)12-18/h6-9,11-13H,4-5,10,14H2,1-3H3,(H,19,20). The Labute approximate surface area is 128 Å². The molecule has 2 rings (SSSR count). The van der Waals surface area contributed by atoms with Gasteiger partial charge in [0.1, 0.15) is 0 Å². The first-order valence-electron chi connectivity index (χ1n) is 7.73. The van der Waals surface area contributed by atoms with E-state index in [1.807, 2.05) is 12.3 Å². The van der Waals surface area contributed by atoms with E-state index < -0.39 is 0 Å². The summed E-state index contributed by atoms with van der Waals surface area (Å²) in [5.41, 5.74) is 4.80. The Kier molecular flexibility index (Phi) is 5.61. The molecule has 0 unspecified atom stereocenters. The van der Waals surface area contributed by atoms with Gasteiger partial charge in [-0.1, -0.05) is 19.1 Å². The lowest BCUT2D eigenvalue weighted by molar-refractivity contribution is 0.809. The van der Waals surface area contributed by atoms with Gasteiger partial charge in [-0.25, -0.2) is 0 Å². The van der Waals surface area contributed by atoms with Gasteiger partial charge in [0.15, 0.2) is 0 Å². The molecule has 1 heterocycles. The molecule has 21 heavy (non-hydrogen) atoms. The highest BCUT2D eigenvalue weighted by molar-refractivity contribution is 5.49. The third-order valence-electron chi connectivity index (χ3n) is 3.50. The molecule has 0 saturated carbocycles. The van der Waals surface area contributed by atoms with Crippen LogP contribution >= 0.6 is 0 Å². The lowest BCUT2D eigenvalue weighted by Crippen LogP contribution is -2.22. The largest absolute Gasteiger partial charge is 0.385 e. The first kappa shape index (κ1) is 15.4. The molecule has 0 amide bonds. The molecule has 0 bridgehead atoms. The maximum atomic E-state index is 4.50. The van der Waals surface area contributed by atoms with Crippen LogP contribution in [-0.2, 0) is 6.54 Å². The molecule has 112 valence electrons. The molecule has 3 heteroatoms. The number of nitrogens with one attached hydrogen (secondary N) is 1. The predicted octanol–water partition coefficient (Wildman–Crippen LogP) is 4.24. The lowest BCUT2D eigenvalue weighted by atomic mass is 10.2. The number of aryl methyl sites for hydroxylation is 1. The topological polar surface area (TPSA) is 28.2 Å². The summed E-state index contributed by atoms with van der Waals surface area (Å²) in [5.74, 6) is 0. The quantitative estimate of drug-likeness (QED) is 0.824. The molecule has 0 fully saturated rings. The van der Waals surface area contributed by atoms with Crippen LogP contribution in [0, 0.1) is 6.92 Å². The average molecular weight is 283 g/mol. The number of anilines is 2. The van der Waals surface area contributed by atoms with Gasteiger partial charge in [-0.3, -0.25) is 4.98 Å². The molecule has 3 nitrogen and oxygen atoms in total. The van der Waals surface area contributed by atoms with E-state index in [0.29, 0.717) is 0 Å². The summed E-state index contributed by atoms with van der Waals surface area (Å²) < 4.78 is 0. The van der Waals surface area contributed by atoms with Gasteiger partial charge in [-0.15, -0.1) is 0 Å². The number of hydrogen-bond acceptors (Lipinski definition) is 3. The maximum Gasteiger partial charge on any atom is 0.0617 e. The Hall–Kier alpha value is -2.03. The fourth-order valence-electron chi connectivity index (χ4n) is 2.35. The van der Waals surface area contributed by atoms with Crippen LogP contribution in [0.1, 0.15) is 31.5 Å². The second kappa shape index (κ2) is 7.67. The summed E-state index contributed by atoms with van der Waals surface area (Å²) in [6.07, 6.45) is 3.01. The van der Waals surface area contributed by atoms with Gasteiger partial charge in [-0.2, -0.15) is 0 Å². The minimum absolute atomic E-state index is 0.835. The van der Waals surface area contributed by atoms with Crippen LogP contribution in [0.3, 0.4) is 0 Å². The molecule has 1 aromatic heterocycles. The summed E-state index contributed by atoms with van der Waals surface area (Å²) in [4.78, 5) is 6.85. The number of rotatable bonds is 7. The molecular weight excluding hydrogens is 258 g/mol. The number of aromatic nitrogens is 1. The number of pyridine rings is 1. The van der Waals surface area contributed by atoms with E-state index in [0.717, 1.165) is 37.4 Å². The van der Waals surface area contributed by atoms with Crippen LogP contribution in [0.25, 0.3) is 0 Å². The first-order chi connectivity index (χ1) is 10.2. The molecule has 0 saturated heterocycles. The first-order valence-corrected chi connectivity index (χ1v) is 7.73. The maximum absolute atomic E-state index is 4.50. The minimum Gasteiger partial charge on any atom is -0.385 e. The van der Waals surface area contributed by atoms with Crippen molar-refractivity contribution in [3.05, 3.63) is 53.9 Å². The summed E-state index contributed by atoms with van der Waals surface area (Å²) in [5, 5.41) is 3.42. The predicted molar refractivity (Wildman–Crippen MR) is 90.9 cm³/mol. The molecule has 1 N–H and O–H groups in total. The van der Waals surface area contributed by atoms with E-state index in [4.69, 9.17) is 0 Å². The second-order valence-electron chi connectivity index (χ2n) is 5.32. The fourth-order valence-corrected chi connectivity index (χ4v) is 2.35. The molecular formula is C18H25N3. The average Bonchev–Trinajstić information content (AvgIpc) is 2.51. The highest BCUT2D eigenvalue weighted by Gasteiger charge is 2.07. The summed E-state index contributed by atoms with van der Waals surface area (Å²) in [6.45, 7) is 9.29. The zero-order valence-electron chi connectivity index (χ0n) is 13.3. The Bertz CT molecular complexity index is 566. The van der Waals surface area contributed by atoms with Crippen LogP contribution in [0.4, 0.5) is 11.4 Å². The summed E-state index contributed by atoms with van der Waals surface area (Å²) >= 11 is 0. The van der Waals surface area contributed by atoms with Gasteiger partial charge in [0, 0.05) is 30.7 Å². The fraction of sp³-hybridized carbons (Fsp3) is 0.389. The smallest absolute Gasteiger partial charge is 0.0617 e. The van der Waals surface area contributed by atoms with Crippen molar-refractivity contribution < 1.29 is 0 Å². The van der Waals surface area contributed by atoms with E-state index in [1.165, 1.54) is 11.3 Å². The zero-order chi connectivity index (χ0) is 15.1. The van der Waals surface area contributed by atoms with Crippen molar-refractivity contribution in [2.24, 2.45) is 0 Å². The SMILES string of the molecule is CCCNc1ccnc(CN(CC)c2cccc(C)c2)c1. The van der Waals surface area contributed by atoms with Gasteiger partial charge >= 0.3 is 0 Å². The van der Waals surface area contributed by atoms with E-state index in [9.17, 15) is 0 Å². The summed E-state index contributed by atoms with van der Waals surface area (Å²) in [7, 11) is 0. The second-order valence-corrected chi connectivity index (χ2v) is 5.32. The molecule has 0 aliphatic rings. The third kappa shape index (κ3) is 4.48. The van der Waals surface area contributed by atoms with Crippen molar-refractivity contribution in [2.45, 2.75) is 33.7 Å². The zero-order valence-corrected chi connectivity index (χ0v) is 13.3. The highest BCUT2D eigenvalue weighted by atomic mass is 15.1. The monoisotopic (exact) mass is 283 g/mol. The molecule has 1 aromatic carbocycles. The molecule has 0 radical (unpaired) electrons. The van der Waals surface area contributed by atoms with Gasteiger partial charge in [0.2, 0.25) is 0 Å². The van der Waals surface area contributed by atoms with Gasteiger partial charge < -0.3 is 10.2 Å². The van der Waals surface area contributed by atoms with E-state index in [2.05, 4.69) is 66.3 Å². The van der Waals surface area contributed by atoms with Crippen molar-refractivity contribution in [2.75, 3.05) is 23.3 Å². The third-order valence-corrected chi connectivity index (χ3v) is 3.50. The van der Waals surface area contributed by atoms with Crippen LogP contribution in [0.2, 0.25) is 0 Å². The van der Waals surface area contributed by atoms with E-state index in [-0.39, 0.29) is 0 Å². The van der Waals surface area contributed by atoms with E-state index >= 15 is 0 Å². The Morgan fingerprint density at radius 1 is 1.14 bits per heavy atom. The van der Waals surface area contributed by atoms with Crippen molar-refractivity contribution in [1.82, 2.24) is 4.98 Å². The van der Waals surface area contributed by atoms with Crippen molar-refractivity contribution in [1.29, 1.82) is 0 Å². The Morgan fingerprint density at radius 3 is 2.71 bits per heavy atom. The molecule has 0 aliphatic heterocycles. The van der Waals surface area contributed by atoms with Gasteiger partial charge in [0.05, 0.1) is 12.2 Å². The summed E-state index contributed by atoms with van der Waals surface area (Å²) in [6, 6.07) is 12.8. The normalized spacial score (nSPS) is 10.4.